The van der Waals surface area contributed by atoms with E-state index in [1.54, 1.807) is 12.3 Å². The molecule has 4 nitrogen and oxygen atoms in total. The van der Waals surface area contributed by atoms with Gasteiger partial charge in [-0.25, -0.2) is 5.10 Å². The third-order valence-electron chi connectivity index (χ3n) is 1.08. The Morgan fingerprint density at radius 2 is 2.45 bits per heavy atom. The van der Waals surface area contributed by atoms with Crippen LogP contribution in [0.2, 0.25) is 0 Å². The van der Waals surface area contributed by atoms with Gasteiger partial charge in [-0.3, -0.25) is 0 Å². The second-order valence-corrected chi connectivity index (χ2v) is 1.91. The summed E-state index contributed by atoms with van der Waals surface area (Å²) in [6.45, 7) is 1.31. The number of hydrogen-bond acceptors (Lipinski definition) is 3. The van der Waals surface area contributed by atoms with Crippen LogP contribution in [0, 0.1) is 0 Å². The number of hydrogen-bond donors (Lipinski definition) is 2. The van der Waals surface area contributed by atoms with Gasteiger partial charge in [-0.15, -0.1) is 12.4 Å². The normalized spacial score (nSPS) is 8.82. The first-order valence-corrected chi connectivity index (χ1v) is 3.25. The largest absolute Gasteiger partial charge is 0.478 e. The molecule has 0 saturated carbocycles. The van der Waals surface area contributed by atoms with Gasteiger partial charge in [-0.1, -0.05) is 0 Å². The van der Waals surface area contributed by atoms with Gasteiger partial charge in [0.25, 0.3) is 0 Å². The Morgan fingerprint density at radius 3 is 3.00 bits per heavy atom. The molecule has 0 aliphatic carbocycles. The van der Waals surface area contributed by atoms with Crippen molar-refractivity contribution in [3.05, 3.63) is 12.3 Å². The maximum Gasteiger partial charge on any atom is 0.208 e. The molecule has 1 rings (SSSR count). The van der Waals surface area contributed by atoms with E-state index in [1.807, 2.05) is 0 Å². The van der Waals surface area contributed by atoms with Crippen LogP contribution < -0.4 is 10.5 Å². The van der Waals surface area contributed by atoms with Crippen molar-refractivity contribution < 1.29 is 4.74 Å². The zero-order valence-corrected chi connectivity index (χ0v) is 6.93. The summed E-state index contributed by atoms with van der Waals surface area (Å²) in [5.74, 6) is 0.702. The number of rotatable bonds is 4. The van der Waals surface area contributed by atoms with Crippen LogP contribution in [0.4, 0.5) is 0 Å². The lowest BCUT2D eigenvalue weighted by molar-refractivity contribution is 0.301. The van der Waals surface area contributed by atoms with E-state index in [4.69, 9.17) is 10.5 Å². The zero-order valence-electron chi connectivity index (χ0n) is 6.12. The second kappa shape index (κ2) is 6.00. The van der Waals surface area contributed by atoms with E-state index < -0.39 is 0 Å². The van der Waals surface area contributed by atoms with Crippen molar-refractivity contribution in [3.8, 4) is 5.88 Å². The molecule has 1 aromatic heterocycles. The highest BCUT2D eigenvalue weighted by Crippen LogP contribution is 2.01. The first kappa shape index (κ1) is 10.3. The number of aromatic nitrogens is 2. The predicted molar refractivity (Wildman–Crippen MR) is 45.0 cm³/mol. The van der Waals surface area contributed by atoms with Gasteiger partial charge in [-0.2, -0.15) is 5.10 Å². The average Bonchev–Trinajstić information content (AvgIpc) is 2.41. The molecule has 0 aliphatic heterocycles. The zero-order chi connectivity index (χ0) is 7.23. The monoisotopic (exact) mass is 177 g/mol. The Bertz CT molecular complexity index is 166. The van der Waals surface area contributed by atoms with Gasteiger partial charge in [0.2, 0.25) is 5.88 Å². The molecule has 1 heterocycles. The highest BCUT2D eigenvalue weighted by Gasteiger charge is 1.90. The van der Waals surface area contributed by atoms with Gasteiger partial charge in [0.05, 0.1) is 12.8 Å². The van der Waals surface area contributed by atoms with E-state index in [0.29, 0.717) is 19.0 Å². The lowest BCUT2D eigenvalue weighted by Gasteiger charge is -1.99. The van der Waals surface area contributed by atoms with Crippen LogP contribution in [0.5, 0.6) is 5.88 Å². The molecule has 0 aromatic carbocycles. The average molecular weight is 178 g/mol. The number of nitrogens with zero attached hydrogens (tertiary/aromatic N) is 1. The highest BCUT2D eigenvalue weighted by molar-refractivity contribution is 5.85. The van der Waals surface area contributed by atoms with Crippen LogP contribution >= 0.6 is 12.4 Å². The van der Waals surface area contributed by atoms with Gasteiger partial charge in [-0.05, 0) is 13.0 Å². The molecular formula is C6H12ClN3O. The van der Waals surface area contributed by atoms with E-state index >= 15 is 0 Å². The number of H-pyrrole nitrogens is 1. The molecule has 0 radical (unpaired) electrons. The van der Waals surface area contributed by atoms with E-state index in [2.05, 4.69) is 10.2 Å². The van der Waals surface area contributed by atoms with Crippen LogP contribution in [0.15, 0.2) is 12.3 Å². The number of nitrogens with two attached hydrogens (primary N) is 1. The lowest BCUT2D eigenvalue weighted by Crippen LogP contribution is -2.06. The molecule has 0 atom stereocenters. The third kappa shape index (κ3) is 3.85. The molecular weight excluding hydrogens is 166 g/mol. The molecule has 0 bridgehead atoms. The molecule has 0 aliphatic rings. The standard InChI is InChI=1S/C6H11N3O.ClH/c7-3-1-5-10-6-2-4-8-9-6;/h2,4H,1,3,5,7H2,(H,8,9);1H. The molecule has 0 saturated heterocycles. The summed E-state index contributed by atoms with van der Waals surface area (Å²) in [6, 6.07) is 1.77. The van der Waals surface area contributed by atoms with Gasteiger partial charge in [0, 0.05) is 6.07 Å². The minimum Gasteiger partial charge on any atom is -0.478 e. The molecule has 0 spiro atoms. The van der Waals surface area contributed by atoms with Crippen molar-refractivity contribution in [2.75, 3.05) is 13.2 Å². The van der Waals surface area contributed by atoms with E-state index in [-0.39, 0.29) is 12.4 Å². The van der Waals surface area contributed by atoms with Crippen molar-refractivity contribution in [1.82, 2.24) is 10.2 Å². The Balaban J connectivity index is 0.000001000. The van der Waals surface area contributed by atoms with Crippen LogP contribution in [-0.4, -0.2) is 23.3 Å². The molecule has 11 heavy (non-hydrogen) atoms. The summed E-state index contributed by atoms with van der Waals surface area (Å²) < 4.78 is 5.19. The van der Waals surface area contributed by atoms with Gasteiger partial charge >= 0.3 is 0 Å². The fourth-order valence-electron chi connectivity index (χ4n) is 0.589. The van der Waals surface area contributed by atoms with E-state index in [9.17, 15) is 0 Å². The van der Waals surface area contributed by atoms with Crippen LogP contribution in [0.25, 0.3) is 0 Å². The maximum atomic E-state index is 5.26. The minimum atomic E-state index is 0. The summed E-state index contributed by atoms with van der Waals surface area (Å²) in [5, 5.41) is 6.40. The van der Waals surface area contributed by atoms with Gasteiger partial charge < -0.3 is 10.5 Å². The second-order valence-electron chi connectivity index (χ2n) is 1.91. The number of aromatic amines is 1. The highest BCUT2D eigenvalue weighted by atomic mass is 35.5. The van der Waals surface area contributed by atoms with Crippen molar-refractivity contribution in [2.24, 2.45) is 5.73 Å². The Hall–Kier alpha value is -0.740. The first-order valence-electron chi connectivity index (χ1n) is 3.25. The number of nitrogens with one attached hydrogen (secondary N) is 1. The molecule has 0 unspecified atom stereocenters. The topological polar surface area (TPSA) is 63.9 Å². The van der Waals surface area contributed by atoms with Crippen LogP contribution in [0.1, 0.15) is 6.42 Å². The Morgan fingerprint density at radius 1 is 1.64 bits per heavy atom. The van der Waals surface area contributed by atoms with E-state index in [1.165, 1.54) is 0 Å². The summed E-state index contributed by atoms with van der Waals surface area (Å²) in [6.07, 6.45) is 2.52. The molecule has 0 fully saturated rings. The quantitative estimate of drug-likeness (QED) is 0.661. The molecule has 5 heteroatoms. The van der Waals surface area contributed by atoms with Crippen molar-refractivity contribution in [2.45, 2.75) is 6.42 Å². The minimum absolute atomic E-state index is 0. The van der Waals surface area contributed by atoms with Gasteiger partial charge in [0.15, 0.2) is 0 Å². The summed E-state index contributed by atoms with van der Waals surface area (Å²) in [4.78, 5) is 0. The molecule has 0 amide bonds. The van der Waals surface area contributed by atoms with Crippen molar-refractivity contribution >= 4 is 12.4 Å². The molecule has 3 N–H and O–H groups in total. The van der Waals surface area contributed by atoms with Crippen molar-refractivity contribution in [3.63, 3.8) is 0 Å². The number of halogens is 1. The van der Waals surface area contributed by atoms with Crippen LogP contribution in [0.3, 0.4) is 0 Å². The molecule has 64 valence electrons. The lowest BCUT2D eigenvalue weighted by atomic mass is 10.5. The third-order valence-corrected chi connectivity index (χ3v) is 1.08. The van der Waals surface area contributed by atoms with E-state index in [0.717, 1.165) is 6.42 Å². The smallest absolute Gasteiger partial charge is 0.208 e. The summed E-state index contributed by atoms with van der Waals surface area (Å²) in [7, 11) is 0. The summed E-state index contributed by atoms with van der Waals surface area (Å²) >= 11 is 0. The number of ether oxygens (including phenoxy) is 1. The van der Waals surface area contributed by atoms with Crippen molar-refractivity contribution in [1.29, 1.82) is 0 Å². The maximum absolute atomic E-state index is 5.26. The predicted octanol–water partition coefficient (Wildman–Crippen LogP) is 0.559. The van der Waals surface area contributed by atoms with Gasteiger partial charge in [0.1, 0.15) is 0 Å². The van der Waals surface area contributed by atoms with Crippen LogP contribution in [-0.2, 0) is 0 Å². The SMILES string of the molecule is Cl.NCCCOc1ccn[nH]1. The first-order chi connectivity index (χ1) is 4.93. The summed E-state index contributed by atoms with van der Waals surface area (Å²) in [5.41, 5.74) is 5.26. The Kier molecular flexibility index (Phi) is 5.60. The molecule has 1 aromatic rings. The Labute approximate surface area is 71.5 Å². The fraction of sp³-hybridized carbons (Fsp3) is 0.500. The fourth-order valence-corrected chi connectivity index (χ4v) is 0.589.